The molecule has 4 heteroatoms. The van der Waals surface area contributed by atoms with Gasteiger partial charge in [-0.05, 0) is 39.9 Å². The maximum Gasteiger partial charge on any atom is 0.271 e. The zero-order valence-corrected chi connectivity index (χ0v) is 15.2. The Balaban J connectivity index is 1.77. The van der Waals surface area contributed by atoms with Crippen molar-refractivity contribution in [3.8, 4) is 5.75 Å². The number of aromatic hydroxyl groups is 1. The van der Waals surface area contributed by atoms with Gasteiger partial charge in [-0.1, -0.05) is 63.2 Å². The molecule has 3 aromatic rings. The molecule has 0 aliphatic heterocycles. The van der Waals surface area contributed by atoms with E-state index in [-0.39, 0.29) is 17.1 Å². The molecule has 0 aliphatic carbocycles. The third-order valence-electron chi connectivity index (χ3n) is 4.32. The third kappa shape index (κ3) is 3.75. The Labute approximate surface area is 153 Å². The lowest BCUT2D eigenvalue weighted by Gasteiger charge is -2.18. The number of hydrogen-bond donors (Lipinski definition) is 2. The number of hydrazone groups is 1. The monoisotopic (exact) mass is 346 g/mol. The molecule has 0 unspecified atom stereocenters. The van der Waals surface area contributed by atoms with Gasteiger partial charge >= 0.3 is 0 Å². The zero-order valence-electron chi connectivity index (χ0n) is 15.2. The molecular weight excluding hydrogens is 324 g/mol. The van der Waals surface area contributed by atoms with Crippen LogP contribution in [-0.2, 0) is 5.41 Å². The fourth-order valence-corrected chi connectivity index (χ4v) is 2.76. The summed E-state index contributed by atoms with van der Waals surface area (Å²) in [7, 11) is 0. The molecule has 0 aliphatic rings. The predicted octanol–water partition coefficient (Wildman–Crippen LogP) is 4.61. The van der Waals surface area contributed by atoms with Gasteiger partial charge in [0.15, 0.2) is 0 Å². The molecule has 0 aromatic heterocycles. The van der Waals surface area contributed by atoms with Crippen LogP contribution in [0.1, 0.15) is 42.3 Å². The van der Waals surface area contributed by atoms with Crippen molar-refractivity contribution in [1.82, 2.24) is 5.43 Å². The van der Waals surface area contributed by atoms with E-state index in [0.29, 0.717) is 11.1 Å². The summed E-state index contributed by atoms with van der Waals surface area (Å²) in [5, 5.41) is 16.0. The van der Waals surface area contributed by atoms with Gasteiger partial charge in [0.25, 0.3) is 5.91 Å². The largest absolute Gasteiger partial charge is 0.507 e. The fraction of sp³-hybridized carbons (Fsp3) is 0.182. The number of phenols is 1. The van der Waals surface area contributed by atoms with E-state index in [0.717, 1.165) is 10.8 Å². The minimum Gasteiger partial charge on any atom is -0.507 e. The molecule has 0 fully saturated rings. The van der Waals surface area contributed by atoms with Crippen LogP contribution >= 0.6 is 0 Å². The quantitative estimate of drug-likeness (QED) is 0.537. The van der Waals surface area contributed by atoms with Crippen molar-refractivity contribution < 1.29 is 9.90 Å². The number of hydrogen-bond acceptors (Lipinski definition) is 3. The molecule has 3 aromatic carbocycles. The third-order valence-corrected chi connectivity index (χ3v) is 4.32. The normalized spacial score (nSPS) is 11.8. The lowest BCUT2D eigenvalue weighted by Crippen LogP contribution is -2.18. The van der Waals surface area contributed by atoms with Gasteiger partial charge in [0.05, 0.1) is 6.21 Å². The molecule has 0 bridgehead atoms. The Morgan fingerprint density at radius 3 is 2.38 bits per heavy atom. The molecule has 4 nitrogen and oxygen atoms in total. The smallest absolute Gasteiger partial charge is 0.271 e. The number of nitrogens with zero attached hydrogens (tertiary/aromatic N) is 1. The number of benzene rings is 3. The lowest BCUT2D eigenvalue weighted by atomic mass is 9.87. The summed E-state index contributed by atoms with van der Waals surface area (Å²) >= 11 is 0. The molecular formula is C22H22N2O2. The maximum atomic E-state index is 12.3. The van der Waals surface area contributed by atoms with E-state index in [2.05, 4.69) is 31.3 Å². The molecule has 0 spiro atoms. The van der Waals surface area contributed by atoms with Gasteiger partial charge in [0.2, 0.25) is 0 Å². The minimum atomic E-state index is -0.290. The first-order valence-electron chi connectivity index (χ1n) is 8.51. The van der Waals surface area contributed by atoms with E-state index < -0.39 is 0 Å². The maximum absolute atomic E-state index is 12.3. The van der Waals surface area contributed by atoms with Gasteiger partial charge in [0.1, 0.15) is 5.75 Å². The molecule has 0 saturated carbocycles. The van der Waals surface area contributed by atoms with Gasteiger partial charge in [-0.25, -0.2) is 5.43 Å². The Morgan fingerprint density at radius 1 is 1.00 bits per heavy atom. The summed E-state index contributed by atoms with van der Waals surface area (Å²) in [6, 6.07) is 18.7. The number of amides is 1. The molecule has 3 rings (SSSR count). The molecule has 26 heavy (non-hydrogen) atoms. The number of fused-ring (bicyclic) bond motifs is 1. The summed E-state index contributed by atoms with van der Waals surface area (Å²) < 4.78 is 0. The molecule has 0 atom stereocenters. The minimum absolute atomic E-state index is 0.0407. The van der Waals surface area contributed by atoms with Gasteiger partial charge in [-0.15, -0.1) is 0 Å². The average Bonchev–Trinajstić information content (AvgIpc) is 2.63. The lowest BCUT2D eigenvalue weighted by molar-refractivity contribution is 0.0955. The Morgan fingerprint density at radius 2 is 1.69 bits per heavy atom. The van der Waals surface area contributed by atoms with Crippen molar-refractivity contribution >= 4 is 22.9 Å². The van der Waals surface area contributed by atoms with Crippen molar-refractivity contribution in [3.63, 3.8) is 0 Å². The van der Waals surface area contributed by atoms with E-state index in [1.807, 2.05) is 42.5 Å². The van der Waals surface area contributed by atoms with Gasteiger partial charge in [0, 0.05) is 11.1 Å². The van der Waals surface area contributed by atoms with Crippen molar-refractivity contribution in [2.45, 2.75) is 26.2 Å². The van der Waals surface area contributed by atoms with Crippen LogP contribution in [0.4, 0.5) is 0 Å². The van der Waals surface area contributed by atoms with Gasteiger partial charge in [-0.2, -0.15) is 5.10 Å². The van der Waals surface area contributed by atoms with Crippen molar-refractivity contribution in [2.75, 3.05) is 0 Å². The number of phenolic OH excluding ortho intramolecular Hbond substituents is 1. The van der Waals surface area contributed by atoms with E-state index in [4.69, 9.17) is 0 Å². The van der Waals surface area contributed by atoms with Crippen LogP contribution in [0.3, 0.4) is 0 Å². The van der Waals surface area contributed by atoms with Crippen molar-refractivity contribution in [3.05, 3.63) is 77.4 Å². The summed E-state index contributed by atoms with van der Waals surface area (Å²) in [5.74, 6) is -0.169. The van der Waals surface area contributed by atoms with Crippen LogP contribution in [0.15, 0.2) is 65.8 Å². The topological polar surface area (TPSA) is 61.7 Å². The standard InChI is InChI=1S/C22H22N2O2/c1-22(2,3)17-11-8-16(9-12-17)21(26)24-23-14-19-18-7-5-4-6-15(18)10-13-20(19)25/h4-14,25H,1-3H3,(H,24,26)/b23-14+. The first-order chi connectivity index (χ1) is 12.4. The van der Waals surface area contributed by atoms with Crippen LogP contribution in [-0.4, -0.2) is 17.2 Å². The van der Waals surface area contributed by atoms with Crippen LogP contribution in [0.5, 0.6) is 5.75 Å². The molecule has 1 amide bonds. The molecule has 0 saturated heterocycles. The Hall–Kier alpha value is -3.14. The van der Waals surface area contributed by atoms with Crippen LogP contribution in [0.2, 0.25) is 0 Å². The predicted molar refractivity (Wildman–Crippen MR) is 106 cm³/mol. The van der Waals surface area contributed by atoms with E-state index in [9.17, 15) is 9.90 Å². The summed E-state index contributed by atoms with van der Waals surface area (Å²) in [6.07, 6.45) is 1.47. The van der Waals surface area contributed by atoms with E-state index >= 15 is 0 Å². The number of rotatable bonds is 3. The second-order valence-corrected chi connectivity index (χ2v) is 7.25. The van der Waals surface area contributed by atoms with Crippen molar-refractivity contribution in [2.24, 2.45) is 5.10 Å². The summed E-state index contributed by atoms with van der Waals surface area (Å²) in [6.45, 7) is 6.38. The summed E-state index contributed by atoms with van der Waals surface area (Å²) in [5.41, 5.74) is 4.84. The molecule has 0 radical (unpaired) electrons. The van der Waals surface area contributed by atoms with Crippen molar-refractivity contribution in [1.29, 1.82) is 0 Å². The summed E-state index contributed by atoms with van der Waals surface area (Å²) in [4.78, 5) is 12.3. The number of carbonyl (C=O) groups is 1. The zero-order chi connectivity index (χ0) is 18.7. The van der Waals surface area contributed by atoms with E-state index in [1.165, 1.54) is 11.8 Å². The SMILES string of the molecule is CC(C)(C)c1ccc(C(=O)N/N=C/c2c(O)ccc3ccccc23)cc1. The first-order valence-corrected chi connectivity index (χ1v) is 8.51. The van der Waals surface area contributed by atoms with Crippen LogP contribution in [0.25, 0.3) is 10.8 Å². The van der Waals surface area contributed by atoms with E-state index in [1.54, 1.807) is 18.2 Å². The highest BCUT2D eigenvalue weighted by Gasteiger charge is 2.14. The van der Waals surface area contributed by atoms with Gasteiger partial charge < -0.3 is 5.11 Å². The molecule has 2 N–H and O–H groups in total. The fourth-order valence-electron chi connectivity index (χ4n) is 2.76. The second-order valence-electron chi connectivity index (χ2n) is 7.25. The molecule has 132 valence electrons. The Bertz CT molecular complexity index is 968. The first kappa shape index (κ1) is 17.7. The highest BCUT2D eigenvalue weighted by Crippen LogP contribution is 2.25. The number of nitrogens with one attached hydrogen (secondary N) is 1. The Kier molecular flexibility index (Phi) is 4.76. The average molecular weight is 346 g/mol. The van der Waals surface area contributed by atoms with Crippen LogP contribution in [0, 0.1) is 0 Å². The van der Waals surface area contributed by atoms with Gasteiger partial charge in [-0.3, -0.25) is 4.79 Å². The molecule has 0 heterocycles. The highest BCUT2D eigenvalue weighted by atomic mass is 16.3. The second kappa shape index (κ2) is 7.00. The van der Waals surface area contributed by atoms with Crippen LogP contribution < -0.4 is 5.43 Å². The number of carbonyl (C=O) groups excluding carboxylic acids is 1. The highest BCUT2D eigenvalue weighted by molar-refractivity contribution is 6.03.